The molecule has 1 aliphatic rings. The molecule has 23 heavy (non-hydrogen) atoms. The maximum absolute atomic E-state index is 12.9. The molecular formula is C14H13F5N2O2. The molecule has 1 aliphatic heterocycles. The molecule has 9 heteroatoms. The van der Waals surface area contributed by atoms with Crippen molar-refractivity contribution in [2.45, 2.75) is 31.6 Å². The van der Waals surface area contributed by atoms with Crippen molar-refractivity contribution >= 4 is 11.8 Å². The number of nitrogens with one attached hydrogen (secondary N) is 1. The van der Waals surface area contributed by atoms with Crippen LogP contribution in [0.3, 0.4) is 0 Å². The number of alkyl halides is 5. The van der Waals surface area contributed by atoms with Gasteiger partial charge in [0.05, 0.1) is 11.6 Å². The molecule has 1 N–H and O–H groups in total. The van der Waals surface area contributed by atoms with E-state index in [0.717, 1.165) is 11.0 Å². The lowest BCUT2D eigenvalue weighted by atomic mass is 10.1. The predicted molar refractivity (Wildman–Crippen MR) is 69.4 cm³/mol. The van der Waals surface area contributed by atoms with E-state index in [4.69, 9.17) is 0 Å². The molecule has 0 bridgehead atoms. The van der Waals surface area contributed by atoms with Gasteiger partial charge in [0.15, 0.2) is 0 Å². The Hall–Kier alpha value is -2.19. The number of amides is 2. The van der Waals surface area contributed by atoms with E-state index >= 15 is 0 Å². The fourth-order valence-corrected chi connectivity index (χ4v) is 2.43. The summed E-state index contributed by atoms with van der Waals surface area (Å²) < 4.78 is 63.1. The zero-order chi connectivity index (χ0) is 17.2. The molecule has 1 atom stereocenters. The highest BCUT2D eigenvalue weighted by Gasteiger charge is 2.36. The molecule has 1 fully saturated rings. The maximum Gasteiger partial charge on any atom is 0.416 e. The molecule has 0 radical (unpaired) electrons. The summed E-state index contributed by atoms with van der Waals surface area (Å²) in [5.74, 6) is -2.00. The minimum Gasteiger partial charge on any atom is -0.346 e. The van der Waals surface area contributed by atoms with Crippen LogP contribution < -0.4 is 5.32 Å². The summed E-state index contributed by atoms with van der Waals surface area (Å²) in [4.78, 5) is 23.8. The van der Waals surface area contributed by atoms with Crippen molar-refractivity contribution in [2.75, 3.05) is 6.54 Å². The molecule has 1 aromatic carbocycles. The molecule has 2 rings (SSSR count). The van der Waals surface area contributed by atoms with Gasteiger partial charge < -0.3 is 10.2 Å². The lowest BCUT2D eigenvalue weighted by molar-refractivity contribution is -0.139. The van der Waals surface area contributed by atoms with Crippen LogP contribution in [0.25, 0.3) is 0 Å². The Bertz CT molecular complexity index is 603. The van der Waals surface area contributed by atoms with Crippen LogP contribution in [-0.2, 0) is 22.3 Å². The molecule has 126 valence electrons. The number of carbonyl (C=O) groups is 2. The number of halogens is 5. The summed E-state index contributed by atoms with van der Waals surface area (Å²) >= 11 is 0. The largest absolute Gasteiger partial charge is 0.416 e. The SMILES string of the molecule is O=C(N[C@@H]1CC(=O)N(Cc2ccccc2C(F)(F)F)C1)C(F)F. The van der Waals surface area contributed by atoms with Gasteiger partial charge in [0.1, 0.15) is 0 Å². The highest BCUT2D eigenvalue weighted by Crippen LogP contribution is 2.32. The zero-order valence-electron chi connectivity index (χ0n) is 11.7. The lowest BCUT2D eigenvalue weighted by Crippen LogP contribution is -2.40. The average Bonchev–Trinajstić information content (AvgIpc) is 2.78. The Morgan fingerprint density at radius 3 is 2.57 bits per heavy atom. The topological polar surface area (TPSA) is 49.4 Å². The number of nitrogens with zero attached hydrogens (tertiary/aromatic N) is 1. The number of rotatable bonds is 4. The van der Waals surface area contributed by atoms with Crippen molar-refractivity contribution in [3.63, 3.8) is 0 Å². The molecule has 1 heterocycles. The Balaban J connectivity index is 2.07. The van der Waals surface area contributed by atoms with Crippen LogP contribution in [0.5, 0.6) is 0 Å². The summed E-state index contributed by atoms with van der Waals surface area (Å²) in [5, 5.41) is 2.00. The van der Waals surface area contributed by atoms with E-state index in [1.54, 1.807) is 0 Å². The summed E-state index contributed by atoms with van der Waals surface area (Å²) in [6.07, 6.45) is -7.97. The minimum absolute atomic E-state index is 0.0887. The fourth-order valence-electron chi connectivity index (χ4n) is 2.43. The van der Waals surface area contributed by atoms with Crippen molar-refractivity contribution in [3.05, 3.63) is 35.4 Å². The fraction of sp³-hybridized carbons (Fsp3) is 0.429. The Morgan fingerprint density at radius 1 is 1.30 bits per heavy atom. The van der Waals surface area contributed by atoms with Crippen LogP contribution in [0.1, 0.15) is 17.5 Å². The Labute approximate surface area is 128 Å². The third kappa shape index (κ3) is 4.17. The maximum atomic E-state index is 12.9. The molecule has 4 nitrogen and oxygen atoms in total. The first kappa shape index (κ1) is 17.2. The van der Waals surface area contributed by atoms with Gasteiger partial charge in [-0.1, -0.05) is 18.2 Å². The van der Waals surface area contributed by atoms with E-state index in [0.29, 0.717) is 0 Å². The molecule has 0 aromatic heterocycles. The van der Waals surface area contributed by atoms with Crippen LogP contribution in [0.4, 0.5) is 22.0 Å². The van der Waals surface area contributed by atoms with Crippen LogP contribution >= 0.6 is 0 Å². The summed E-state index contributed by atoms with van der Waals surface area (Å²) in [6, 6.07) is 3.99. The molecule has 0 unspecified atom stereocenters. The summed E-state index contributed by atoms with van der Waals surface area (Å²) in [6.45, 7) is -0.404. The molecule has 0 spiro atoms. The number of benzene rings is 1. The monoisotopic (exact) mass is 336 g/mol. The van der Waals surface area contributed by atoms with Gasteiger partial charge in [0, 0.05) is 19.5 Å². The van der Waals surface area contributed by atoms with Gasteiger partial charge >= 0.3 is 12.6 Å². The third-order valence-electron chi connectivity index (χ3n) is 3.44. The van der Waals surface area contributed by atoms with E-state index in [-0.39, 0.29) is 25.1 Å². The van der Waals surface area contributed by atoms with Crippen molar-refractivity contribution in [1.82, 2.24) is 10.2 Å². The predicted octanol–water partition coefficient (Wildman–Crippen LogP) is 2.19. The second-order valence-corrected chi connectivity index (χ2v) is 5.14. The zero-order valence-corrected chi connectivity index (χ0v) is 11.7. The second-order valence-electron chi connectivity index (χ2n) is 5.14. The number of hydrogen-bond acceptors (Lipinski definition) is 2. The third-order valence-corrected chi connectivity index (χ3v) is 3.44. The molecule has 2 amide bonds. The van der Waals surface area contributed by atoms with Gasteiger partial charge in [0.25, 0.3) is 5.91 Å². The van der Waals surface area contributed by atoms with E-state index in [2.05, 4.69) is 0 Å². The van der Waals surface area contributed by atoms with E-state index in [1.807, 2.05) is 5.32 Å². The highest BCUT2D eigenvalue weighted by atomic mass is 19.4. The van der Waals surface area contributed by atoms with Crippen molar-refractivity contribution in [3.8, 4) is 0 Å². The van der Waals surface area contributed by atoms with Crippen LogP contribution in [0.15, 0.2) is 24.3 Å². The van der Waals surface area contributed by atoms with Gasteiger partial charge in [0.2, 0.25) is 5.91 Å². The number of likely N-dealkylation sites (tertiary alicyclic amines) is 1. The van der Waals surface area contributed by atoms with Gasteiger partial charge in [-0.15, -0.1) is 0 Å². The van der Waals surface area contributed by atoms with Gasteiger partial charge in [-0.3, -0.25) is 9.59 Å². The van der Waals surface area contributed by atoms with Gasteiger partial charge in [-0.25, -0.2) is 0 Å². The standard InChI is InChI=1S/C14H13F5N2O2/c15-12(16)13(23)20-9-5-11(22)21(7-9)6-8-3-1-2-4-10(8)14(17,18)19/h1-4,9,12H,5-7H2,(H,20,23)/t9-/m1/s1. The van der Waals surface area contributed by atoms with Gasteiger partial charge in [-0.2, -0.15) is 22.0 Å². The lowest BCUT2D eigenvalue weighted by Gasteiger charge is -2.20. The minimum atomic E-state index is -4.55. The van der Waals surface area contributed by atoms with E-state index < -0.39 is 36.0 Å². The smallest absolute Gasteiger partial charge is 0.346 e. The van der Waals surface area contributed by atoms with Crippen LogP contribution in [0.2, 0.25) is 0 Å². The van der Waals surface area contributed by atoms with Crippen LogP contribution in [0, 0.1) is 0 Å². The number of carbonyl (C=O) groups excluding carboxylic acids is 2. The quantitative estimate of drug-likeness (QED) is 0.857. The van der Waals surface area contributed by atoms with Crippen molar-refractivity contribution in [2.24, 2.45) is 0 Å². The van der Waals surface area contributed by atoms with Crippen molar-refractivity contribution in [1.29, 1.82) is 0 Å². The molecule has 0 saturated carbocycles. The summed E-state index contributed by atoms with van der Waals surface area (Å²) in [5.41, 5.74) is -0.943. The molecule has 1 saturated heterocycles. The average molecular weight is 336 g/mol. The molecular weight excluding hydrogens is 323 g/mol. The molecule has 1 aromatic rings. The molecule has 0 aliphatic carbocycles. The summed E-state index contributed by atoms with van der Waals surface area (Å²) in [7, 11) is 0. The normalized spacial score (nSPS) is 18.6. The van der Waals surface area contributed by atoms with E-state index in [9.17, 15) is 31.5 Å². The first-order valence-corrected chi connectivity index (χ1v) is 6.70. The second kappa shape index (κ2) is 6.51. The van der Waals surface area contributed by atoms with Crippen LogP contribution in [-0.4, -0.2) is 35.7 Å². The first-order chi connectivity index (χ1) is 10.7. The van der Waals surface area contributed by atoms with Gasteiger partial charge in [-0.05, 0) is 11.6 Å². The van der Waals surface area contributed by atoms with E-state index in [1.165, 1.54) is 18.2 Å². The Kier molecular flexibility index (Phi) is 4.86. The first-order valence-electron chi connectivity index (χ1n) is 6.70. The number of hydrogen-bond donors (Lipinski definition) is 1. The van der Waals surface area contributed by atoms with Crippen molar-refractivity contribution < 1.29 is 31.5 Å². The Morgan fingerprint density at radius 2 is 1.96 bits per heavy atom. The highest BCUT2D eigenvalue weighted by molar-refractivity contribution is 5.83.